The maximum atomic E-state index is 12.9. The highest BCUT2D eigenvalue weighted by Crippen LogP contribution is 2.43. The van der Waals surface area contributed by atoms with Gasteiger partial charge in [-0.3, -0.25) is 18.6 Å². The fourth-order valence-corrected chi connectivity index (χ4v) is 13.5. The highest BCUT2D eigenvalue weighted by molar-refractivity contribution is 7.47. The third-order valence-corrected chi connectivity index (χ3v) is 20.1. The Balaban J connectivity index is 3.88. The molecule has 0 aliphatic rings. The molecule has 2 unspecified atom stereocenters. The van der Waals surface area contributed by atoms with Crippen LogP contribution in [0.25, 0.3) is 0 Å². The number of nitrogens with zero attached hydrogens (tertiary/aromatic N) is 1. The topological polar surface area (TPSA) is 108 Å². The molecule has 0 saturated heterocycles. The highest BCUT2D eigenvalue weighted by atomic mass is 31.2. The molecule has 9 nitrogen and oxygen atoms in total. The molecular formula is C84H163NO8P+. The number of carbonyl (C=O) groups excluding carboxylic acids is 2. The van der Waals surface area contributed by atoms with E-state index in [1.165, 1.54) is 366 Å². The van der Waals surface area contributed by atoms with Crippen molar-refractivity contribution in [2.75, 3.05) is 47.5 Å². The van der Waals surface area contributed by atoms with Crippen LogP contribution in [0.5, 0.6) is 0 Å². The van der Waals surface area contributed by atoms with Crippen molar-refractivity contribution in [2.45, 2.75) is 444 Å². The number of carbonyl (C=O) groups is 2. The highest BCUT2D eigenvalue weighted by Gasteiger charge is 2.27. The number of quaternary nitrogens is 1. The number of phosphoric acid groups is 1. The monoisotopic (exact) mass is 1350 g/mol. The van der Waals surface area contributed by atoms with Gasteiger partial charge < -0.3 is 18.9 Å². The van der Waals surface area contributed by atoms with E-state index in [4.69, 9.17) is 18.5 Å². The van der Waals surface area contributed by atoms with Crippen molar-refractivity contribution in [3.8, 4) is 0 Å². The first kappa shape index (κ1) is 92.2. The molecule has 0 amide bonds. The van der Waals surface area contributed by atoms with Crippen molar-refractivity contribution < 1.29 is 42.1 Å². The van der Waals surface area contributed by atoms with E-state index in [2.05, 4.69) is 50.3 Å². The summed E-state index contributed by atoms with van der Waals surface area (Å²) in [5.74, 6) is -0.769. The minimum absolute atomic E-state index is 0.0356. The molecule has 0 aromatic rings. The van der Waals surface area contributed by atoms with Gasteiger partial charge in [0.2, 0.25) is 0 Å². The van der Waals surface area contributed by atoms with Crippen molar-refractivity contribution in [3.63, 3.8) is 0 Å². The number of esters is 2. The van der Waals surface area contributed by atoms with E-state index in [1.807, 2.05) is 21.1 Å². The van der Waals surface area contributed by atoms with Crippen molar-refractivity contribution in [1.82, 2.24) is 0 Å². The smallest absolute Gasteiger partial charge is 0.462 e. The zero-order chi connectivity index (χ0) is 68.3. The van der Waals surface area contributed by atoms with Crippen molar-refractivity contribution >= 4 is 19.8 Å². The molecule has 0 saturated carbocycles. The Morgan fingerprint density at radius 2 is 0.574 bits per heavy atom. The second-order valence-electron chi connectivity index (χ2n) is 29.9. The Bertz CT molecular complexity index is 1680. The van der Waals surface area contributed by atoms with Crippen LogP contribution in [0.15, 0.2) is 36.5 Å². The van der Waals surface area contributed by atoms with Gasteiger partial charge in [-0.15, -0.1) is 0 Å². The molecule has 1 N–H and O–H groups in total. The standard InChI is InChI=1S/C84H162NO8P/c1-6-8-10-12-14-16-18-20-22-24-26-28-30-32-34-36-38-40-42-44-46-48-50-52-54-56-58-60-62-64-66-68-70-72-74-76-83(86)90-80-82(81-92-94(88,89)91-79-78-85(3,4)5)93-84(87)77-75-73-71-69-67-65-63-61-59-57-55-53-51-49-47-45-43-41-39-37-35-33-31-29-27-25-23-21-19-17-15-13-11-9-7-2/h19,21,24-27,82H,6-18,20,22-23,28-81H2,1-5H3/p+1/b21-19-,26-24-,27-25-. The van der Waals surface area contributed by atoms with E-state index < -0.39 is 26.5 Å². The molecular weight excluding hydrogens is 1180 g/mol. The normalized spacial score (nSPS) is 13.1. The molecule has 0 heterocycles. The van der Waals surface area contributed by atoms with Crippen molar-refractivity contribution in [2.24, 2.45) is 0 Å². The summed E-state index contributed by atoms with van der Waals surface area (Å²) >= 11 is 0. The van der Waals surface area contributed by atoms with Gasteiger partial charge in [-0.1, -0.05) is 391 Å². The summed E-state index contributed by atoms with van der Waals surface area (Å²) in [4.78, 5) is 36.0. The summed E-state index contributed by atoms with van der Waals surface area (Å²) < 4.78 is 34.9. The van der Waals surface area contributed by atoms with Gasteiger partial charge in [0.1, 0.15) is 19.8 Å². The van der Waals surface area contributed by atoms with Crippen LogP contribution in [0.1, 0.15) is 438 Å². The third-order valence-electron chi connectivity index (χ3n) is 19.1. The van der Waals surface area contributed by atoms with Crippen LogP contribution in [0.4, 0.5) is 0 Å². The largest absolute Gasteiger partial charge is 0.472 e. The van der Waals surface area contributed by atoms with Gasteiger partial charge >= 0.3 is 19.8 Å². The third kappa shape index (κ3) is 79.2. The summed E-state index contributed by atoms with van der Waals surface area (Å²) in [7, 11) is 1.50. The van der Waals surface area contributed by atoms with Crippen LogP contribution in [0.3, 0.4) is 0 Å². The molecule has 0 aromatic carbocycles. The quantitative estimate of drug-likeness (QED) is 0.0211. The van der Waals surface area contributed by atoms with Gasteiger partial charge in [-0.2, -0.15) is 0 Å². The van der Waals surface area contributed by atoms with Crippen molar-refractivity contribution in [1.29, 1.82) is 0 Å². The van der Waals surface area contributed by atoms with E-state index in [0.29, 0.717) is 23.9 Å². The molecule has 94 heavy (non-hydrogen) atoms. The van der Waals surface area contributed by atoms with Gasteiger partial charge in [0.25, 0.3) is 0 Å². The van der Waals surface area contributed by atoms with E-state index in [1.54, 1.807) is 0 Å². The Morgan fingerprint density at radius 1 is 0.330 bits per heavy atom. The molecule has 0 aliphatic heterocycles. The summed E-state index contributed by atoms with van der Waals surface area (Å²) in [6.45, 7) is 4.51. The summed E-state index contributed by atoms with van der Waals surface area (Å²) in [6, 6.07) is 0. The van der Waals surface area contributed by atoms with Crippen LogP contribution in [-0.4, -0.2) is 74.9 Å². The van der Waals surface area contributed by atoms with Crippen LogP contribution in [0, 0.1) is 0 Å². The molecule has 2 atom stereocenters. The SMILES string of the molecule is CCCCCCC/C=C\C/C=C\CCCCCCCCCCCCCCCCCCCCCCCCCC(=O)OC(COC(=O)CCCCCCCCCCCCCCCCCCCCCCCCC/C=C\CCCCCCCCCC)COP(=O)(O)OCC[N+](C)(C)C. The molecule has 556 valence electrons. The fraction of sp³-hybridized carbons (Fsp3) is 0.905. The number of hydrogen-bond acceptors (Lipinski definition) is 7. The lowest BCUT2D eigenvalue weighted by Gasteiger charge is -2.24. The summed E-state index contributed by atoms with van der Waals surface area (Å²) in [6.07, 6.45) is 98.9. The minimum atomic E-state index is -4.39. The number of hydrogen-bond donors (Lipinski definition) is 1. The number of likely N-dealkylation sites (N-methyl/N-ethyl adjacent to an activating group) is 1. The van der Waals surface area contributed by atoms with Gasteiger partial charge in [-0.05, 0) is 70.6 Å². The summed E-state index contributed by atoms with van der Waals surface area (Å²) in [5, 5.41) is 0. The maximum absolute atomic E-state index is 12.9. The Kier molecular flexibility index (Phi) is 74.0. The maximum Gasteiger partial charge on any atom is 0.472 e. The molecule has 10 heteroatoms. The van der Waals surface area contributed by atoms with E-state index in [0.717, 1.165) is 38.5 Å². The van der Waals surface area contributed by atoms with Gasteiger partial charge in [-0.25, -0.2) is 4.57 Å². The second kappa shape index (κ2) is 75.4. The number of unbranched alkanes of at least 4 members (excludes halogenated alkanes) is 59. The van der Waals surface area contributed by atoms with Gasteiger partial charge in [0.15, 0.2) is 6.10 Å². The predicted octanol–water partition coefficient (Wildman–Crippen LogP) is 27.7. The first-order chi connectivity index (χ1) is 46.0. The lowest BCUT2D eigenvalue weighted by molar-refractivity contribution is -0.870. The number of phosphoric ester groups is 1. The van der Waals surface area contributed by atoms with Gasteiger partial charge in [0.05, 0.1) is 27.7 Å². The first-order valence-electron chi connectivity index (χ1n) is 41.7. The Hall–Kier alpha value is -1.77. The zero-order valence-corrected chi connectivity index (χ0v) is 64.6. The predicted molar refractivity (Wildman–Crippen MR) is 409 cm³/mol. The fourth-order valence-electron chi connectivity index (χ4n) is 12.8. The zero-order valence-electron chi connectivity index (χ0n) is 63.7. The second-order valence-corrected chi connectivity index (χ2v) is 31.3. The summed E-state index contributed by atoms with van der Waals surface area (Å²) in [5.41, 5.74) is 0. The molecule has 0 aromatic heterocycles. The van der Waals surface area contributed by atoms with E-state index in [-0.39, 0.29) is 25.6 Å². The van der Waals surface area contributed by atoms with E-state index in [9.17, 15) is 19.0 Å². The number of ether oxygens (including phenoxy) is 2. The molecule has 0 rings (SSSR count). The van der Waals surface area contributed by atoms with Crippen LogP contribution in [0.2, 0.25) is 0 Å². The molecule has 0 bridgehead atoms. The molecule has 0 spiro atoms. The minimum Gasteiger partial charge on any atom is -0.462 e. The molecule has 0 aliphatic carbocycles. The van der Waals surface area contributed by atoms with Crippen LogP contribution < -0.4 is 0 Å². The lowest BCUT2D eigenvalue weighted by atomic mass is 10.0. The molecule has 0 radical (unpaired) electrons. The molecule has 0 fully saturated rings. The van der Waals surface area contributed by atoms with Crippen molar-refractivity contribution in [3.05, 3.63) is 36.5 Å². The average molecular weight is 1350 g/mol. The first-order valence-corrected chi connectivity index (χ1v) is 43.2. The Morgan fingerprint density at radius 3 is 0.851 bits per heavy atom. The van der Waals surface area contributed by atoms with E-state index >= 15 is 0 Å². The van der Waals surface area contributed by atoms with Crippen LogP contribution >= 0.6 is 7.82 Å². The number of allylic oxidation sites excluding steroid dienone is 6. The van der Waals surface area contributed by atoms with Gasteiger partial charge in [0, 0.05) is 12.8 Å². The van der Waals surface area contributed by atoms with Crippen LogP contribution in [-0.2, 0) is 32.7 Å². The Labute approximate surface area is 586 Å². The average Bonchev–Trinajstić information content (AvgIpc) is 1.68. The number of rotatable bonds is 79. The lowest BCUT2D eigenvalue weighted by Crippen LogP contribution is -2.37.